The van der Waals surface area contributed by atoms with Crippen LogP contribution in [0.25, 0.3) is 10.9 Å². The van der Waals surface area contributed by atoms with Crippen LogP contribution in [0, 0.1) is 0 Å². The van der Waals surface area contributed by atoms with Crippen molar-refractivity contribution in [2.75, 3.05) is 19.6 Å². The standard InChI is InChI=1S/C34H33N3O2/c38-33(25-29-17-10-18-32-31(29)19-21-35-32)36-22-24-37(34(39)28-15-8-3-9-16-28)23-20-30(26-11-4-1-5-12-26)27-13-6-2-7-14-27/h1-19,21,30,35H,20,22-25H2,(H,36,38). The number of carbonyl (C=O) groups excluding carboxylic acids is 2. The van der Waals surface area contributed by atoms with Crippen LogP contribution in [0.1, 0.15) is 39.4 Å². The van der Waals surface area contributed by atoms with Crippen LogP contribution in [0.5, 0.6) is 0 Å². The summed E-state index contributed by atoms with van der Waals surface area (Å²) in [4.78, 5) is 31.4. The van der Waals surface area contributed by atoms with Gasteiger partial charge in [-0.2, -0.15) is 0 Å². The SMILES string of the molecule is O=C(Cc1cccc2[nH]ccc12)NCCN(CCC(c1ccccc1)c1ccccc1)C(=O)c1ccccc1. The summed E-state index contributed by atoms with van der Waals surface area (Å²) in [6.07, 6.45) is 2.96. The van der Waals surface area contributed by atoms with Crippen molar-refractivity contribution in [3.05, 3.63) is 144 Å². The number of hydrogen-bond donors (Lipinski definition) is 2. The lowest BCUT2D eigenvalue weighted by Crippen LogP contribution is -2.40. The van der Waals surface area contributed by atoms with Gasteiger partial charge in [-0.25, -0.2) is 0 Å². The summed E-state index contributed by atoms with van der Waals surface area (Å²) in [5, 5.41) is 4.09. The van der Waals surface area contributed by atoms with Gasteiger partial charge in [-0.05, 0) is 47.4 Å². The molecular formula is C34H33N3O2. The molecule has 5 rings (SSSR count). The molecule has 1 heterocycles. The fraction of sp³-hybridized carbons (Fsp3) is 0.176. The topological polar surface area (TPSA) is 65.2 Å². The zero-order chi connectivity index (χ0) is 26.9. The van der Waals surface area contributed by atoms with E-state index in [2.05, 4.69) is 58.8 Å². The van der Waals surface area contributed by atoms with Crippen LogP contribution >= 0.6 is 0 Å². The molecule has 0 fully saturated rings. The molecule has 5 nitrogen and oxygen atoms in total. The van der Waals surface area contributed by atoms with E-state index in [1.807, 2.05) is 77.8 Å². The molecule has 1 aromatic heterocycles. The third-order valence-corrected chi connectivity index (χ3v) is 7.14. The Kier molecular flexibility index (Phi) is 8.49. The number of nitrogens with one attached hydrogen (secondary N) is 2. The van der Waals surface area contributed by atoms with E-state index in [4.69, 9.17) is 0 Å². The quantitative estimate of drug-likeness (QED) is 0.220. The van der Waals surface area contributed by atoms with Crippen LogP contribution < -0.4 is 5.32 Å². The highest BCUT2D eigenvalue weighted by Gasteiger charge is 2.20. The van der Waals surface area contributed by atoms with Crippen LogP contribution in [0.2, 0.25) is 0 Å². The van der Waals surface area contributed by atoms with Crippen molar-refractivity contribution in [3.8, 4) is 0 Å². The molecule has 0 aliphatic rings. The number of hydrogen-bond acceptors (Lipinski definition) is 2. The predicted molar refractivity (Wildman–Crippen MR) is 157 cm³/mol. The molecule has 5 heteroatoms. The lowest BCUT2D eigenvalue weighted by molar-refractivity contribution is -0.120. The molecule has 0 unspecified atom stereocenters. The summed E-state index contributed by atoms with van der Waals surface area (Å²) in [6, 6.07) is 38.1. The number of fused-ring (bicyclic) bond motifs is 1. The first-order valence-electron chi connectivity index (χ1n) is 13.4. The first-order valence-corrected chi connectivity index (χ1v) is 13.4. The number of benzene rings is 4. The number of aromatic nitrogens is 1. The molecule has 0 aliphatic heterocycles. The third kappa shape index (κ3) is 6.63. The largest absolute Gasteiger partial charge is 0.361 e. The van der Waals surface area contributed by atoms with E-state index >= 15 is 0 Å². The molecule has 2 N–H and O–H groups in total. The molecular weight excluding hydrogens is 482 g/mol. The second-order valence-corrected chi connectivity index (χ2v) is 9.70. The summed E-state index contributed by atoms with van der Waals surface area (Å²) in [6.45, 7) is 1.40. The first kappa shape index (κ1) is 26.0. The second-order valence-electron chi connectivity index (χ2n) is 9.70. The normalized spacial score (nSPS) is 11.0. The average Bonchev–Trinajstić information content (AvgIpc) is 3.48. The van der Waals surface area contributed by atoms with Gasteiger partial charge in [0.1, 0.15) is 0 Å². The Hall–Kier alpha value is -4.64. The fourth-order valence-electron chi connectivity index (χ4n) is 5.13. The Morgan fingerprint density at radius 1 is 0.718 bits per heavy atom. The maximum atomic E-state index is 13.5. The second kappa shape index (κ2) is 12.7. The molecule has 5 aromatic rings. The van der Waals surface area contributed by atoms with Crippen molar-refractivity contribution >= 4 is 22.7 Å². The molecule has 2 amide bonds. The van der Waals surface area contributed by atoms with Crippen molar-refractivity contribution in [1.82, 2.24) is 15.2 Å². The van der Waals surface area contributed by atoms with E-state index in [-0.39, 0.29) is 17.7 Å². The molecule has 0 radical (unpaired) electrons. The lowest BCUT2D eigenvalue weighted by atomic mass is 9.88. The van der Waals surface area contributed by atoms with Crippen LogP contribution in [0.15, 0.2) is 121 Å². The third-order valence-electron chi connectivity index (χ3n) is 7.14. The van der Waals surface area contributed by atoms with E-state index < -0.39 is 0 Å². The minimum Gasteiger partial charge on any atom is -0.361 e. The Labute approximate surface area is 229 Å². The van der Waals surface area contributed by atoms with Gasteiger partial charge in [0.2, 0.25) is 5.91 Å². The van der Waals surface area contributed by atoms with Gasteiger partial charge in [-0.15, -0.1) is 0 Å². The molecule has 0 saturated heterocycles. The Bertz CT molecular complexity index is 1460. The van der Waals surface area contributed by atoms with Gasteiger partial charge in [0.15, 0.2) is 0 Å². The van der Waals surface area contributed by atoms with Gasteiger partial charge in [-0.3, -0.25) is 9.59 Å². The molecule has 0 atom stereocenters. The highest BCUT2D eigenvalue weighted by atomic mass is 16.2. The minimum absolute atomic E-state index is 0.0261. The molecule has 0 spiro atoms. The summed E-state index contributed by atoms with van der Waals surface area (Å²) < 4.78 is 0. The highest BCUT2D eigenvalue weighted by molar-refractivity contribution is 5.94. The number of nitrogens with zero attached hydrogens (tertiary/aromatic N) is 1. The van der Waals surface area contributed by atoms with Crippen molar-refractivity contribution in [3.63, 3.8) is 0 Å². The van der Waals surface area contributed by atoms with Gasteiger partial charge in [0.25, 0.3) is 5.91 Å². The number of amides is 2. The van der Waals surface area contributed by atoms with Gasteiger partial charge in [0, 0.05) is 48.2 Å². The van der Waals surface area contributed by atoms with Crippen molar-refractivity contribution in [2.45, 2.75) is 18.8 Å². The molecule has 0 bridgehead atoms. The van der Waals surface area contributed by atoms with E-state index in [1.165, 1.54) is 11.1 Å². The van der Waals surface area contributed by atoms with Crippen molar-refractivity contribution < 1.29 is 9.59 Å². The van der Waals surface area contributed by atoms with Crippen LogP contribution in [0.3, 0.4) is 0 Å². The molecule has 4 aromatic carbocycles. The molecule has 0 saturated carbocycles. The predicted octanol–water partition coefficient (Wildman–Crippen LogP) is 6.19. The van der Waals surface area contributed by atoms with Crippen LogP contribution in [-0.4, -0.2) is 41.3 Å². The number of aromatic amines is 1. The summed E-state index contributed by atoms with van der Waals surface area (Å²) >= 11 is 0. The summed E-state index contributed by atoms with van der Waals surface area (Å²) in [5.74, 6) is 0.0824. The van der Waals surface area contributed by atoms with E-state index in [9.17, 15) is 9.59 Å². The number of rotatable bonds is 11. The van der Waals surface area contributed by atoms with Crippen molar-refractivity contribution in [2.24, 2.45) is 0 Å². The maximum absolute atomic E-state index is 13.5. The molecule has 39 heavy (non-hydrogen) atoms. The highest BCUT2D eigenvalue weighted by Crippen LogP contribution is 2.28. The average molecular weight is 516 g/mol. The van der Waals surface area contributed by atoms with E-state index in [0.29, 0.717) is 31.6 Å². The smallest absolute Gasteiger partial charge is 0.253 e. The maximum Gasteiger partial charge on any atom is 0.253 e. The van der Waals surface area contributed by atoms with Gasteiger partial charge in [-0.1, -0.05) is 91.0 Å². The van der Waals surface area contributed by atoms with Gasteiger partial charge >= 0.3 is 0 Å². The Morgan fingerprint density at radius 2 is 1.36 bits per heavy atom. The Balaban J connectivity index is 1.27. The summed E-state index contributed by atoms with van der Waals surface area (Å²) in [7, 11) is 0. The minimum atomic E-state index is -0.0535. The monoisotopic (exact) mass is 515 g/mol. The van der Waals surface area contributed by atoms with E-state index in [1.54, 1.807) is 0 Å². The zero-order valence-electron chi connectivity index (χ0n) is 21.9. The fourth-order valence-corrected chi connectivity index (χ4v) is 5.13. The van der Waals surface area contributed by atoms with E-state index in [0.717, 1.165) is 22.9 Å². The Morgan fingerprint density at radius 3 is 2.03 bits per heavy atom. The lowest BCUT2D eigenvalue weighted by Gasteiger charge is -2.26. The molecule has 196 valence electrons. The first-order chi connectivity index (χ1) is 19.2. The van der Waals surface area contributed by atoms with Gasteiger partial charge in [0.05, 0.1) is 6.42 Å². The van der Waals surface area contributed by atoms with Crippen molar-refractivity contribution in [1.29, 1.82) is 0 Å². The number of H-pyrrole nitrogens is 1. The van der Waals surface area contributed by atoms with Gasteiger partial charge < -0.3 is 15.2 Å². The van der Waals surface area contributed by atoms with Crippen LogP contribution in [-0.2, 0) is 11.2 Å². The molecule has 0 aliphatic carbocycles. The van der Waals surface area contributed by atoms with Crippen LogP contribution in [0.4, 0.5) is 0 Å². The summed E-state index contributed by atoms with van der Waals surface area (Å²) in [5.41, 5.74) is 5.10. The number of carbonyl (C=O) groups is 2. The zero-order valence-corrected chi connectivity index (χ0v) is 21.9.